The number of rotatable bonds is 10. The van der Waals surface area contributed by atoms with E-state index in [-0.39, 0.29) is 40.8 Å². The van der Waals surface area contributed by atoms with Crippen molar-refractivity contribution >= 4 is 34.6 Å². The Morgan fingerprint density at radius 3 is 2.20 bits per heavy atom. The van der Waals surface area contributed by atoms with Crippen molar-refractivity contribution in [1.29, 1.82) is 0 Å². The summed E-state index contributed by atoms with van der Waals surface area (Å²) >= 11 is 0. The summed E-state index contributed by atoms with van der Waals surface area (Å²) in [5, 5.41) is 21.6. The molecule has 2 N–H and O–H groups in total. The number of likely N-dealkylation sites (N-methyl/N-ethyl adjacent to an activating group) is 1. The van der Waals surface area contributed by atoms with Crippen LogP contribution in [0.2, 0.25) is 0 Å². The van der Waals surface area contributed by atoms with Gasteiger partial charge in [0.05, 0.1) is 23.4 Å². The molecular formula is C40H47N3O7. The number of amides is 1. The summed E-state index contributed by atoms with van der Waals surface area (Å²) in [5.41, 5.74) is 5.41. The standard InChI is InChI=1S/C40H47N3O7/c1-9-42(10-2)28-14-12-27(13-15-28)33-36(46)34(37(33)47)31-17-16-29(22-32(31)41-26(7)44)43(11-3)20-21-49-39(48)40(8)19-18-30-25(6)35(45)23(4)24(5)38(30)50-40/h12-17,22,45-46H,9-11,18-21H2,1-8H3. The number of allylic oxidation sites excluding steroid dienone is 6. The molecule has 1 unspecified atom stereocenters. The van der Waals surface area contributed by atoms with Gasteiger partial charge >= 0.3 is 5.97 Å². The summed E-state index contributed by atoms with van der Waals surface area (Å²) < 4.78 is 12.0. The maximum Gasteiger partial charge on any atom is 0.350 e. The predicted octanol–water partition coefficient (Wildman–Crippen LogP) is 6.40. The van der Waals surface area contributed by atoms with E-state index in [4.69, 9.17) is 9.47 Å². The minimum atomic E-state index is -1.17. The van der Waals surface area contributed by atoms with E-state index in [1.54, 1.807) is 25.2 Å². The second kappa shape index (κ2) is 14.4. The van der Waals surface area contributed by atoms with E-state index in [2.05, 4.69) is 23.7 Å². The Morgan fingerprint density at radius 1 is 0.940 bits per heavy atom. The van der Waals surface area contributed by atoms with Crippen molar-refractivity contribution in [2.45, 2.75) is 73.8 Å². The molecule has 0 aromatic heterocycles. The summed E-state index contributed by atoms with van der Waals surface area (Å²) in [6.07, 6.45) is 6.19. The lowest BCUT2D eigenvalue weighted by molar-refractivity contribution is -0.162. The second-order valence-electron chi connectivity index (χ2n) is 13.1. The molecule has 0 saturated carbocycles. The van der Waals surface area contributed by atoms with Crippen LogP contribution in [-0.4, -0.2) is 76.9 Å². The van der Waals surface area contributed by atoms with Gasteiger partial charge < -0.3 is 29.5 Å². The zero-order chi connectivity index (χ0) is 36.5. The van der Waals surface area contributed by atoms with Gasteiger partial charge in [0.15, 0.2) is 0 Å². The number of anilines is 1. The summed E-state index contributed by atoms with van der Waals surface area (Å²) in [7, 11) is 0. The molecule has 0 spiro atoms. The van der Waals surface area contributed by atoms with Crippen LogP contribution in [0, 0.1) is 20.8 Å². The molecule has 5 rings (SSSR count). The molecular weight excluding hydrogens is 634 g/mol. The number of aliphatic hydroxyl groups excluding tert-OH is 1. The van der Waals surface area contributed by atoms with Crippen molar-refractivity contribution in [2.75, 3.05) is 37.7 Å². The normalized spacial score (nSPS) is 20.6. The van der Waals surface area contributed by atoms with Crippen LogP contribution in [0.15, 0.2) is 70.1 Å². The fraction of sp³-hybridized carbons (Fsp3) is 0.400. The van der Waals surface area contributed by atoms with Crippen LogP contribution in [0.5, 0.6) is 11.5 Å². The Morgan fingerprint density at radius 2 is 1.60 bits per heavy atom. The number of phenols is 1. The van der Waals surface area contributed by atoms with Gasteiger partial charge in [0, 0.05) is 55.5 Å². The fourth-order valence-electron chi connectivity index (χ4n) is 6.80. The van der Waals surface area contributed by atoms with Gasteiger partial charge in [-0.15, -0.1) is 0 Å². The van der Waals surface area contributed by atoms with Gasteiger partial charge in [0.2, 0.25) is 17.3 Å². The van der Waals surface area contributed by atoms with Crippen LogP contribution in [-0.2, 0) is 25.5 Å². The molecule has 2 aromatic rings. The lowest BCUT2D eigenvalue weighted by Crippen LogP contribution is -2.46. The van der Waals surface area contributed by atoms with Crippen LogP contribution in [0.4, 0.5) is 5.69 Å². The van der Waals surface area contributed by atoms with E-state index in [0.717, 1.165) is 41.0 Å². The molecule has 1 amide bonds. The first kappa shape index (κ1) is 36.2. The molecule has 1 heterocycles. The van der Waals surface area contributed by atoms with Gasteiger partial charge in [-0.25, -0.2) is 9.79 Å². The number of ether oxygens (including phenoxy) is 2. The highest BCUT2D eigenvalue weighted by Gasteiger charge is 2.42. The number of aliphatic hydroxyl groups is 1. The SMILES string of the molecule is CCN(CCOC(=O)C1(C)CCc2c(C)c(O)c(C)c(C)c2O1)C1=CC(=NC(C)=O)C(=C2C(=O)C(c3ccc(N(CC)CC)cc3)=C2O)C=C1. The van der Waals surface area contributed by atoms with Gasteiger partial charge in [-0.05, 0) is 108 Å². The van der Waals surface area contributed by atoms with E-state index >= 15 is 0 Å². The number of aromatic hydroxyl groups is 1. The monoisotopic (exact) mass is 681 g/mol. The van der Waals surface area contributed by atoms with Crippen LogP contribution < -0.4 is 9.64 Å². The molecule has 1 atom stereocenters. The van der Waals surface area contributed by atoms with Gasteiger partial charge in [-0.2, -0.15) is 0 Å². The topological polar surface area (TPSA) is 129 Å². The van der Waals surface area contributed by atoms with Gasteiger partial charge in [-0.3, -0.25) is 9.59 Å². The van der Waals surface area contributed by atoms with E-state index in [0.29, 0.717) is 48.5 Å². The first-order chi connectivity index (χ1) is 23.8. The van der Waals surface area contributed by atoms with Crippen LogP contribution in [0.3, 0.4) is 0 Å². The van der Waals surface area contributed by atoms with E-state index in [1.807, 2.05) is 56.9 Å². The molecule has 3 aliphatic rings. The van der Waals surface area contributed by atoms with E-state index in [9.17, 15) is 24.6 Å². The molecule has 2 aromatic carbocycles. The van der Waals surface area contributed by atoms with Gasteiger partial charge in [0.25, 0.3) is 0 Å². The third-order valence-electron chi connectivity index (χ3n) is 10.0. The number of esters is 1. The highest BCUT2D eigenvalue weighted by atomic mass is 16.6. The maximum absolute atomic E-state index is 13.4. The number of carbonyl (C=O) groups excluding carboxylic acids is 3. The highest BCUT2D eigenvalue weighted by Crippen LogP contribution is 2.44. The first-order valence-corrected chi connectivity index (χ1v) is 17.3. The Labute approximate surface area is 294 Å². The highest BCUT2D eigenvalue weighted by molar-refractivity contribution is 6.41. The number of Topliss-reactive ketones (excluding diaryl/α,β-unsaturated/α-hetero) is 1. The second-order valence-corrected chi connectivity index (χ2v) is 13.1. The summed E-state index contributed by atoms with van der Waals surface area (Å²) in [6.45, 7) is 17.5. The van der Waals surface area contributed by atoms with Crippen molar-refractivity contribution in [3.05, 3.63) is 92.9 Å². The Hall–Kier alpha value is -5.12. The average molecular weight is 682 g/mol. The molecule has 264 valence electrons. The molecule has 1 aliphatic heterocycles. The average Bonchev–Trinajstić information content (AvgIpc) is 3.10. The molecule has 50 heavy (non-hydrogen) atoms. The van der Waals surface area contributed by atoms with Crippen molar-refractivity contribution in [1.82, 2.24) is 4.90 Å². The zero-order valence-corrected chi connectivity index (χ0v) is 30.3. The lowest BCUT2D eigenvalue weighted by Gasteiger charge is -2.36. The van der Waals surface area contributed by atoms with Crippen molar-refractivity contribution in [3.63, 3.8) is 0 Å². The maximum atomic E-state index is 13.4. The van der Waals surface area contributed by atoms with Gasteiger partial charge in [0.1, 0.15) is 23.9 Å². The fourth-order valence-corrected chi connectivity index (χ4v) is 6.80. The minimum absolute atomic E-state index is 0.0852. The van der Waals surface area contributed by atoms with Crippen LogP contribution in [0.1, 0.15) is 68.9 Å². The Balaban J connectivity index is 1.30. The minimum Gasteiger partial charge on any atom is -0.507 e. The third-order valence-corrected chi connectivity index (χ3v) is 10.0. The summed E-state index contributed by atoms with van der Waals surface area (Å²) in [5.74, 6) is -0.466. The Bertz CT molecular complexity index is 1890. The van der Waals surface area contributed by atoms with E-state index in [1.165, 1.54) is 6.92 Å². The molecule has 0 bridgehead atoms. The number of nitrogens with zero attached hydrogens (tertiary/aromatic N) is 3. The first-order valence-electron chi connectivity index (χ1n) is 17.3. The number of ketones is 1. The molecule has 0 saturated heterocycles. The zero-order valence-electron chi connectivity index (χ0n) is 30.3. The van der Waals surface area contributed by atoms with Gasteiger partial charge in [-0.1, -0.05) is 12.1 Å². The molecule has 10 nitrogen and oxygen atoms in total. The predicted molar refractivity (Wildman–Crippen MR) is 195 cm³/mol. The number of carbonyl (C=O) groups is 3. The smallest absolute Gasteiger partial charge is 0.350 e. The number of fused-ring (bicyclic) bond motifs is 1. The number of aliphatic imine (C=N–C) groups is 1. The summed E-state index contributed by atoms with van der Waals surface area (Å²) in [4.78, 5) is 47.3. The number of phenolic OH excluding ortho intramolecular Hbond substituents is 1. The molecule has 2 aliphatic carbocycles. The Kier molecular flexibility index (Phi) is 10.4. The molecule has 0 fully saturated rings. The third kappa shape index (κ3) is 6.58. The van der Waals surface area contributed by atoms with Crippen molar-refractivity contribution in [3.8, 4) is 11.5 Å². The van der Waals surface area contributed by atoms with Crippen LogP contribution in [0.25, 0.3) is 5.57 Å². The number of hydrogen-bond acceptors (Lipinski definition) is 9. The quantitative estimate of drug-likeness (QED) is 0.216. The molecule has 10 heteroatoms. The van der Waals surface area contributed by atoms with Crippen LogP contribution >= 0.6 is 0 Å². The van der Waals surface area contributed by atoms with Crippen molar-refractivity contribution in [2.24, 2.45) is 4.99 Å². The number of benzene rings is 2. The van der Waals surface area contributed by atoms with Crippen molar-refractivity contribution < 1.29 is 34.1 Å². The molecule has 0 radical (unpaired) electrons. The lowest BCUT2D eigenvalue weighted by atomic mass is 9.79. The largest absolute Gasteiger partial charge is 0.507 e. The number of hydrogen-bond donors (Lipinski definition) is 2. The summed E-state index contributed by atoms with van der Waals surface area (Å²) in [6, 6.07) is 7.54. The van der Waals surface area contributed by atoms with E-state index < -0.39 is 17.5 Å².